The summed E-state index contributed by atoms with van der Waals surface area (Å²) in [7, 11) is 0. The van der Waals surface area contributed by atoms with Crippen LogP contribution in [-0.2, 0) is 6.54 Å². The molecule has 0 radical (unpaired) electrons. The zero-order valence-corrected chi connectivity index (χ0v) is 12.5. The van der Waals surface area contributed by atoms with Gasteiger partial charge in [-0.1, -0.05) is 29.8 Å². The molecule has 20 heavy (non-hydrogen) atoms. The molecule has 104 valence electrons. The number of carbonyl (C=O) groups is 1. The number of nitrogens with zero attached hydrogens (tertiary/aromatic N) is 1. The quantitative estimate of drug-likeness (QED) is 0.755. The van der Waals surface area contributed by atoms with E-state index in [1.165, 1.54) is 0 Å². The van der Waals surface area contributed by atoms with Crippen LogP contribution in [-0.4, -0.2) is 12.8 Å². The van der Waals surface area contributed by atoms with E-state index in [9.17, 15) is 4.79 Å². The lowest BCUT2D eigenvalue weighted by Gasteiger charge is -2.24. The standard InChI is InChI=1S/C17H18ClNO/c1-3-19(16-7-8-17(18)13(2)9-16)11-14-5-4-6-15(10-14)12-20/h4-10,12H,3,11H2,1-2H3. The van der Waals surface area contributed by atoms with Crippen LogP contribution in [0.2, 0.25) is 5.02 Å². The van der Waals surface area contributed by atoms with Crippen molar-refractivity contribution in [2.75, 3.05) is 11.4 Å². The van der Waals surface area contributed by atoms with Gasteiger partial charge in [-0.15, -0.1) is 0 Å². The average molecular weight is 288 g/mol. The van der Waals surface area contributed by atoms with Crippen LogP contribution >= 0.6 is 11.6 Å². The molecular formula is C17H18ClNO. The number of aryl methyl sites for hydroxylation is 1. The molecule has 0 aromatic heterocycles. The van der Waals surface area contributed by atoms with E-state index in [0.717, 1.165) is 41.2 Å². The zero-order chi connectivity index (χ0) is 14.5. The Morgan fingerprint density at radius 3 is 2.65 bits per heavy atom. The second-order valence-electron chi connectivity index (χ2n) is 4.81. The Balaban J connectivity index is 2.23. The summed E-state index contributed by atoms with van der Waals surface area (Å²) in [5.74, 6) is 0. The third kappa shape index (κ3) is 3.40. The maximum Gasteiger partial charge on any atom is 0.150 e. The van der Waals surface area contributed by atoms with Crippen molar-refractivity contribution in [2.24, 2.45) is 0 Å². The number of rotatable bonds is 5. The molecule has 0 heterocycles. The van der Waals surface area contributed by atoms with E-state index >= 15 is 0 Å². The van der Waals surface area contributed by atoms with Crippen molar-refractivity contribution in [1.82, 2.24) is 0 Å². The number of hydrogen-bond acceptors (Lipinski definition) is 2. The highest BCUT2D eigenvalue weighted by atomic mass is 35.5. The largest absolute Gasteiger partial charge is 0.367 e. The molecule has 0 saturated heterocycles. The molecule has 2 rings (SSSR count). The molecule has 0 saturated carbocycles. The van der Waals surface area contributed by atoms with Crippen molar-refractivity contribution >= 4 is 23.6 Å². The van der Waals surface area contributed by atoms with Crippen molar-refractivity contribution in [3.8, 4) is 0 Å². The van der Waals surface area contributed by atoms with Crippen LogP contribution in [0.1, 0.15) is 28.4 Å². The molecule has 2 aromatic rings. The van der Waals surface area contributed by atoms with E-state index in [0.29, 0.717) is 5.56 Å². The van der Waals surface area contributed by atoms with E-state index < -0.39 is 0 Å². The number of aldehydes is 1. The molecule has 3 heteroatoms. The van der Waals surface area contributed by atoms with Crippen molar-refractivity contribution in [1.29, 1.82) is 0 Å². The van der Waals surface area contributed by atoms with Gasteiger partial charge in [-0.05, 0) is 49.2 Å². The summed E-state index contributed by atoms with van der Waals surface area (Å²) in [6, 6.07) is 13.8. The van der Waals surface area contributed by atoms with Crippen LogP contribution in [0, 0.1) is 6.92 Å². The van der Waals surface area contributed by atoms with Crippen LogP contribution in [0.4, 0.5) is 5.69 Å². The lowest BCUT2D eigenvalue weighted by molar-refractivity contribution is 0.112. The van der Waals surface area contributed by atoms with Gasteiger partial charge < -0.3 is 4.90 Å². The first-order valence-electron chi connectivity index (χ1n) is 6.69. The normalized spacial score (nSPS) is 10.3. The lowest BCUT2D eigenvalue weighted by atomic mass is 10.1. The van der Waals surface area contributed by atoms with Crippen LogP contribution < -0.4 is 4.90 Å². The highest BCUT2D eigenvalue weighted by molar-refractivity contribution is 6.31. The summed E-state index contributed by atoms with van der Waals surface area (Å²) >= 11 is 6.07. The van der Waals surface area contributed by atoms with Crippen molar-refractivity contribution < 1.29 is 4.79 Å². The highest BCUT2D eigenvalue weighted by Crippen LogP contribution is 2.23. The van der Waals surface area contributed by atoms with Gasteiger partial charge in [-0.2, -0.15) is 0 Å². The van der Waals surface area contributed by atoms with Crippen LogP contribution in [0.3, 0.4) is 0 Å². The first-order chi connectivity index (χ1) is 9.63. The van der Waals surface area contributed by atoms with E-state index in [-0.39, 0.29) is 0 Å². The fourth-order valence-corrected chi connectivity index (χ4v) is 2.31. The molecule has 0 atom stereocenters. The number of anilines is 1. The predicted octanol–water partition coefficient (Wildman–Crippen LogP) is 4.49. The minimum absolute atomic E-state index is 0.714. The Morgan fingerprint density at radius 1 is 1.20 bits per heavy atom. The lowest BCUT2D eigenvalue weighted by Crippen LogP contribution is -2.22. The van der Waals surface area contributed by atoms with Gasteiger partial charge in [0, 0.05) is 29.4 Å². The molecule has 0 spiro atoms. The summed E-state index contributed by atoms with van der Waals surface area (Å²) in [4.78, 5) is 13.1. The Morgan fingerprint density at radius 2 is 2.00 bits per heavy atom. The van der Waals surface area contributed by atoms with E-state index in [2.05, 4.69) is 17.9 Å². The summed E-state index contributed by atoms with van der Waals surface area (Å²) in [5.41, 5.74) is 4.06. The first kappa shape index (κ1) is 14.6. The van der Waals surface area contributed by atoms with Gasteiger partial charge >= 0.3 is 0 Å². The predicted molar refractivity (Wildman–Crippen MR) is 84.7 cm³/mol. The monoisotopic (exact) mass is 287 g/mol. The molecule has 0 amide bonds. The molecule has 2 nitrogen and oxygen atoms in total. The topological polar surface area (TPSA) is 20.3 Å². The molecule has 0 N–H and O–H groups in total. The van der Waals surface area contributed by atoms with Crippen molar-refractivity contribution in [2.45, 2.75) is 20.4 Å². The van der Waals surface area contributed by atoms with Gasteiger partial charge in [0.2, 0.25) is 0 Å². The fraction of sp³-hybridized carbons (Fsp3) is 0.235. The van der Waals surface area contributed by atoms with Gasteiger partial charge in [0.05, 0.1) is 0 Å². The van der Waals surface area contributed by atoms with Crippen LogP contribution in [0.25, 0.3) is 0 Å². The summed E-state index contributed by atoms with van der Waals surface area (Å²) in [6.07, 6.45) is 0.881. The molecule has 0 aliphatic heterocycles. The molecular weight excluding hydrogens is 270 g/mol. The van der Waals surface area contributed by atoms with E-state index in [4.69, 9.17) is 11.6 Å². The van der Waals surface area contributed by atoms with E-state index in [1.807, 2.05) is 43.3 Å². The summed E-state index contributed by atoms with van der Waals surface area (Å²) in [5, 5.41) is 0.785. The minimum Gasteiger partial charge on any atom is -0.367 e. The summed E-state index contributed by atoms with van der Waals surface area (Å²) < 4.78 is 0. The maximum atomic E-state index is 10.8. The highest BCUT2D eigenvalue weighted by Gasteiger charge is 2.07. The second-order valence-corrected chi connectivity index (χ2v) is 5.22. The molecule has 0 fully saturated rings. The van der Waals surface area contributed by atoms with Crippen LogP contribution in [0.15, 0.2) is 42.5 Å². The maximum absolute atomic E-state index is 10.8. The third-order valence-corrected chi connectivity index (χ3v) is 3.77. The molecule has 0 unspecified atom stereocenters. The summed E-state index contributed by atoms with van der Waals surface area (Å²) in [6.45, 7) is 5.80. The average Bonchev–Trinajstić information content (AvgIpc) is 2.48. The minimum atomic E-state index is 0.714. The van der Waals surface area contributed by atoms with Crippen molar-refractivity contribution in [3.63, 3.8) is 0 Å². The van der Waals surface area contributed by atoms with Crippen molar-refractivity contribution in [3.05, 3.63) is 64.2 Å². The fourth-order valence-electron chi connectivity index (χ4n) is 2.20. The van der Waals surface area contributed by atoms with Gasteiger partial charge in [0.25, 0.3) is 0 Å². The number of halogens is 1. The Labute approximate surface area is 125 Å². The van der Waals surface area contributed by atoms with Gasteiger partial charge in [-0.3, -0.25) is 4.79 Å². The molecule has 0 aliphatic rings. The van der Waals surface area contributed by atoms with Gasteiger partial charge in [0.15, 0.2) is 0 Å². The molecule has 0 bridgehead atoms. The SMILES string of the molecule is CCN(Cc1cccc(C=O)c1)c1ccc(Cl)c(C)c1. The molecule has 2 aromatic carbocycles. The van der Waals surface area contributed by atoms with E-state index in [1.54, 1.807) is 0 Å². The number of hydrogen-bond donors (Lipinski definition) is 0. The zero-order valence-electron chi connectivity index (χ0n) is 11.8. The third-order valence-electron chi connectivity index (χ3n) is 3.35. The van der Waals surface area contributed by atoms with Gasteiger partial charge in [0.1, 0.15) is 6.29 Å². The van der Waals surface area contributed by atoms with Crippen LogP contribution in [0.5, 0.6) is 0 Å². The first-order valence-corrected chi connectivity index (χ1v) is 7.07. The van der Waals surface area contributed by atoms with Gasteiger partial charge in [-0.25, -0.2) is 0 Å². The Kier molecular flexibility index (Phi) is 4.80. The molecule has 0 aliphatic carbocycles. The number of carbonyl (C=O) groups excluding carboxylic acids is 1. The smallest absolute Gasteiger partial charge is 0.150 e. The second kappa shape index (κ2) is 6.58. The Bertz CT molecular complexity index is 610. The Hall–Kier alpha value is -1.80. The number of benzene rings is 2.